The highest BCUT2D eigenvalue weighted by molar-refractivity contribution is 6.03. The first-order valence-corrected chi connectivity index (χ1v) is 7.27. The van der Waals surface area contributed by atoms with Crippen molar-refractivity contribution in [3.05, 3.63) is 83.8 Å². The number of rotatable bonds is 4. The Labute approximate surface area is 141 Å². The molecular formula is C18H12F3N3O. The fourth-order valence-electron chi connectivity index (χ4n) is 2.12. The summed E-state index contributed by atoms with van der Waals surface area (Å²) in [4.78, 5) is 16.0. The average Bonchev–Trinajstić information content (AvgIpc) is 2.59. The first kappa shape index (κ1) is 16.5. The SMILES string of the molecule is O=C(Nc1ccc(Nc2ccc(F)cc2F)cn1)c1ccccc1F. The van der Waals surface area contributed by atoms with Gasteiger partial charge in [-0.1, -0.05) is 12.1 Å². The van der Waals surface area contributed by atoms with Gasteiger partial charge in [0.25, 0.3) is 5.91 Å². The summed E-state index contributed by atoms with van der Waals surface area (Å²) in [5, 5.41) is 5.21. The summed E-state index contributed by atoms with van der Waals surface area (Å²) in [6.45, 7) is 0. The zero-order chi connectivity index (χ0) is 17.8. The monoisotopic (exact) mass is 343 g/mol. The Morgan fingerprint density at radius 3 is 2.40 bits per heavy atom. The second kappa shape index (κ2) is 7.04. The third-order valence-corrected chi connectivity index (χ3v) is 3.33. The molecule has 1 heterocycles. The number of aromatic nitrogens is 1. The molecule has 3 aromatic rings. The number of carbonyl (C=O) groups excluding carboxylic acids is 1. The van der Waals surface area contributed by atoms with Crippen molar-refractivity contribution in [2.75, 3.05) is 10.6 Å². The van der Waals surface area contributed by atoms with Gasteiger partial charge < -0.3 is 10.6 Å². The zero-order valence-electron chi connectivity index (χ0n) is 12.8. The Balaban J connectivity index is 1.70. The molecule has 0 spiro atoms. The van der Waals surface area contributed by atoms with Crippen LogP contribution in [0.3, 0.4) is 0 Å². The van der Waals surface area contributed by atoms with Gasteiger partial charge >= 0.3 is 0 Å². The second-order valence-corrected chi connectivity index (χ2v) is 5.12. The van der Waals surface area contributed by atoms with Gasteiger partial charge in [0.15, 0.2) is 0 Å². The maximum atomic E-state index is 13.6. The Morgan fingerprint density at radius 1 is 0.920 bits per heavy atom. The maximum Gasteiger partial charge on any atom is 0.259 e. The van der Waals surface area contributed by atoms with E-state index in [1.807, 2.05) is 0 Å². The molecule has 0 unspecified atom stereocenters. The Hall–Kier alpha value is -3.35. The Bertz CT molecular complexity index is 914. The summed E-state index contributed by atoms with van der Waals surface area (Å²) < 4.78 is 40.0. The fourth-order valence-corrected chi connectivity index (χ4v) is 2.12. The van der Waals surface area contributed by atoms with Gasteiger partial charge in [-0.25, -0.2) is 18.2 Å². The third kappa shape index (κ3) is 3.95. The molecule has 2 aromatic carbocycles. The maximum absolute atomic E-state index is 13.6. The molecule has 4 nitrogen and oxygen atoms in total. The van der Waals surface area contributed by atoms with Gasteiger partial charge in [0.05, 0.1) is 23.1 Å². The lowest BCUT2D eigenvalue weighted by molar-refractivity contribution is 0.102. The van der Waals surface area contributed by atoms with Gasteiger partial charge in [0.1, 0.15) is 23.3 Å². The molecule has 0 fully saturated rings. The predicted molar refractivity (Wildman–Crippen MR) is 88.2 cm³/mol. The van der Waals surface area contributed by atoms with E-state index in [0.29, 0.717) is 5.69 Å². The van der Waals surface area contributed by atoms with Gasteiger partial charge in [-0.2, -0.15) is 0 Å². The Morgan fingerprint density at radius 2 is 1.72 bits per heavy atom. The summed E-state index contributed by atoms with van der Waals surface area (Å²) in [5.74, 6) is -2.47. The smallest absolute Gasteiger partial charge is 0.259 e. The summed E-state index contributed by atoms with van der Waals surface area (Å²) >= 11 is 0. The molecule has 1 amide bonds. The minimum Gasteiger partial charge on any atom is -0.352 e. The van der Waals surface area contributed by atoms with Crippen molar-refractivity contribution < 1.29 is 18.0 Å². The lowest BCUT2D eigenvalue weighted by Crippen LogP contribution is -2.14. The average molecular weight is 343 g/mol. The van der Waals surface area contributed by atoms with E-state index in [-0.39, 0.29) is 17.1 Å². The molecule has 2 N–H and O–H groups in total. The lowest BCUT2D eigenvalue weighted by Gasteiger charge is -2.09. The number of halogens is 3. The molecule has 7 heteroatoms. The van der Waals surface area contributed by atoms with Crippen molar-refractivity contribution in [3.63, 3.8) is 0 Å². The summed E-state index contributed by atoms with van der Waals surface area (Å²) in [5.41, 5.74) is 0.431. The van der Waals surface area contributed by atoms with Crippen LogP contribution in [0, 0.1) is 17.5 Å². The first-order chi connectivity index (χ1) is 12.0. The minimum atomic E-state index is -0.739. The molecule has 0 aliphatic heterocycles. The zero-order valence-corrected chi connectivity index (χ0v) is 12.8. The molecule has 0 saturated heterocycles. The van der Waals surface area contributed by atoms with Crippen LogP contribution < -0.4 is 10.6 Å². The number of hydrogen-bond donors (Lipinski definition) is 2. The van der Waals surface area contributed by atoms with E-state index in [1.165, 1.54) is 36.5 Å². The summed E-state index contributed by atoms with van der Waals surface area (Å²) in [6.07, 6.45) is 1.36. The first-order valence-electron chi connectivity index (χ1n) is 7.27. The number of hydrogen-bond acceptors (Lipinski definition) is 3. The minimum absolute atomic E-state index is 0.0892. The number of pyridine rings is 1. The van der Waals surface area contributed by atoms with Gasteiger partial charge in [-0.15, -0.1) is 0 Å². The molecule has 1 aromatic heterocycles. The van der Waals surface area contributed by atoms with Crippen LogP contribution in [0.15, 0.2) is 60.8 Å². The van der Waals surface area contributed by atoms with E-state index in [4.69, 9.17) is 0 Å². The van der Waals surface area contributed by atoms with Crippen LogP contribution >= 0.6 is 0 Å². The second-order valence-electron chi connectivity index (χ2n) is 5.12. The molecular weight excluding hydrogens is 331 g/mol. The molecule has 25 heavy (non-hydrogen) atoms. The van der Waals surface area contributed by atoms with Gasteiger partial charge in [-0.05, 0) is 36.4 Å². The molecule has 126 valence electrons. The van der Waals surface area contributed by atoms with Crippen molar-refractivity contribution in [3.8, 4) is 0 Å². The van der Waals surface area contributed by atoms with Crippen molar-refractivity contribution in [2.45, 2.75) is 0 Å². The predicted octanol–water partition coefficient (Wildman–Crippen LogP) is 4.49. The third-order valence-electron chi connectivity index (χ3n) is 3.33. The van der Waals surface area contributed by atoms with Crippen molar-refractivity contribution in [2.24, 2.45) is 0 Å². The van der Waals surface area contributed by atoms with E-state index in [1.54, 1.807) is 12.1 Å². The van der Waals surface area contributed by atoms with Crippen LogP contribution in [0.5, 0.6) is 0 Å². The Kier molecular flexibility index (Phi) is 4.65. The number of anilines is 3. The van der Waals surface area contributed by atoms with E-state index < -0.39 is 23.4 Å². The molecule has 3 rings (SSSR count). The van der Waals surface area contributed by atoms with Crippen molar-refractivity contribution >= 4 is 23.1 Å². The van der Waals surface area contributed by atoms with Gasteiger partial charge in [0.2, 0.25) is 0 Å². The van der Waals surface area contributed by atoms with E-state index in [2.05, 4.69) is 15.6 Å². The number of benzene rings is 2. The number of amides is 1. The standard InChI is InChI=1S/C18H12F3N3O/c19-11-5-7-16(15(21)9-11)23-12-6-8-17(22-10-12)24-18(25)13-3-1-2-4-14(13)20/h1-10,23H,(H,22,24,25). The number of carbonyl (C=O) groups is 1. The van der Waals surface area contributed by atoms with E-state index >= 15 is 0 Å². The summed E-state index contributed by atoms with van der Waals surface area (Å²) in [6, 6.07) is 11.8. The molecule has 0 radical (unpaired) electrons. The normalized spacial score (nSPS) is 10.4. The van der Waals surface area contributed by atoms with Crippen LogP contribution in [0.4, 0.5) is 30.4 Å². The van der Waals surface area contributed by atoms with E-state index in [9.17, 15) is 18.0 Å². The van der Waals surface area contributed by atoms with Gasteiger partial charge in [0, 0.05) is 6.07 Å². The number of nitrogens with one attached hydrogen (secondary N) is 2. The topological polar surface area (TPSA) is 54.0 Å². The van der Waals surface area contributed by atoms with Crippen molar-refractivity contribution in [1.82, 2.24) is 4.98 Å². The van der Waals surface area contributed by atoms with Crippen LogP contribution in [0.25, 0.3) is 0 Å². The molecule has 0 aliphatic rings. The van der Waals surface area contributed by atoms with Crippen LogP contribution in [0.1, 0.15) is 10.4 Å². The highest BCUT2D eigenvalue weighted by Crippen LogP contribution is 2.21. The van der Waals surface area contributed by atoms with E-state index in [0.717, 1.165) is 12.1 Å². The molecule has 0 aliphatic carbocycles. The van der Waals surface area contributed by atoms with Crippen molar-refractivity contribution in [1.29, 1.82) is 0 Å². The quantitative estimate of drug-likeness (QED) is 0.734. The van der Waals surface area contributed by atoms with Crippen LogP contribution in [-0.4, -0.2) is 10.9 Å². The highest BCUT2D eigenvalue weighted by Gasteiger charge is 2.11. The molecule has 0 bridgehead atoms. The van der Waals surface area contributed by atoms with Crippen LogP contribution in [0.2, 0.25) is 0 Å². The summed E-state index contributed by atoms with van der Waals surface area (Å²) in [7, 11) is 0. The highest BCUT2D eigenvalue weighted by atomic mass is 19.1. The molecule has 0 atom stereocenters. The largest absolute Gasteiger partial charge is 0.352 e. The molecule has 0 saturated carbocycles. The van der Waals surface area contributed by atoms with Gasteiger partial charge in [-0.3, -0.25) is 4.79 Å². The fraction of sp³-hybridized carbons (Fsp3) is 0. The number of nitrogens with zero attached hydrogens (tertiary/aromatic N) is 1. The lowest BCUT2D eigenvalue weighted by atomic mass is 10.2. The van der Waals surface area contributed by atoms with Crippen LogP contribution in [-0.2, 0) is 0 Å².